The maximum absolute atomic E-state index is 14.9. The highest BCUT2D eigenvalue weighted by Gasteiger charge is 2.43. The fourth-order valence-electron chi connectivity index (χ4n) is 4.86. The second-order valence-corrected chi connectivity index (χ2v) is 8.46. The molecule has 2 amide bonds. The van der Waals surface area contributed by atoms with Gasteiger partial charge in [-0.25, -0.2) is 9.37 Å². The Morgan fingerprint density at radius 3 is 2.70 bits per heavy atom. The highest BCUT2D eigenvalue weighted by Crippen LogP contribution is 2.55. The Morgan fingerprint density at radius 2 is 2.07 bits per heavy atom. The normalized spacial score (nSPS) is 26.3. The fourth-order valence-corrected chi connectivity index (χ4v) is 4.86. The van der Waals surface area contributed by atoms with E-state index in [-0.39, 0.29) is 29.6 Å². The minimum Gasteiger partial charge on any atom is -0.369 e. The molecule has 0 unspecified atom stereocenters. The summed E-state index contributed by atoms with van der Waals surface area (Å²) in [6, 6.07) is 3.09. The Bertz CT molecular complexity index is 1190. The molecular weight excluding hydrogens is 387 g/mol. The molecule has 8 heteroatoms. The number of aliphatic hydroxyl groups is 1. The van der Waals surface area contributed by atoms with E-state index in [1.165, 1.54) is 11.0 Å². The molecule has 3 aliphatic carbocycles. The molecule has 1 aromatic carbocycles. The van der Waals surface area contributed by atoms with E-state index < -0.39 is 23.2 Å². The monoisotopic (exact) mass is 408 g/mol. The Labute approximate surface area is 172 Å². The number of aromatic nitrogens is 2. The molecule has 1 aliphatic heterocycles. The van der Waals surface area contributed by atoms with Crippen molar-refractivity contribution >= 4 is 11.8 Å². The summed E-state index contributed by atoms with van der Waals surface area (Å²) < 4.78 is 16.6. The molecule has 1 atom stereocenters. The van der Waals surface area contributed by atoms with E-state index in [2.05, 4.69) is 16.8 Å². The summed E-state index contributed by atoms with van der Waals surface area (Å²) in [7, 11) is 3.36. The van der Waals surface area contributed by atoms with Gasteiger partial charge < -0.3 is 20.3 Å². The molecule has 6 rings (SSSR count). The molecule has 7 nitrogen and oxygen atoms in total. The minimum atomic E-state index is -1.80. The number of hydrogen-bond donors (Lipinski definition) is 2. The summed E-state index contributed by atoms with van der Waals surface area (Å²) >= 11 is 0. The number of halogens is 1. The number of hydrogen-bond acceptors (Lipinski definition) is 4. The number of imidazole rings is 1. The molecule has 1 saturated carbocycles. The van der Waals surface area contributed by atoms with Crippen molar-refractivity contribution in [3.63, 3.8) is 0 Å². The van der Waals surface area contributed by atoms with Gasteiger partial charge in [-0.1, -0.05) is 11.8 Å². The van der Waals surface area contributed by atoms with Crippen molar-refractivity contribution in [2.24, 2.45) is 12.8 Å². The Morgan fingerprint density at radius 1 is 1.33 bits per heavy atom. The molecule has 1 aromatic heterocycles. The van der Waals surface area contributed by atoms with Crippen LogP contribution in [0, 0.1) is 17.7 Å². The van der Waals surface area contributed by atoms with Crippen LogP contribution in [-0.4, -0.2) is 50.6 Å². The molecule has 0 spiro atoms. The van der Waals surface area contributed by atoms with E-state index >= 15 is 0 Å². The van der Waals surface area contributed by atoms with E-state index in [4.69, 9.17) is 5.73 Å². The van der Waals surface area contributed by atoms with Gasteiger partial charge in [-0.15, -0.1) is 0 Å². The van der Waals surface area contributed by atoms with E-state index in [1.54, 1.807) is 24.7 Å². The van der Waals surface area contributed by atoms with Crippen LogP contribution in [0.25, 0.3) is 11.3 Å². The van der Waals surface area contributed by atoms with Crippen molar-refractivity contribution in [1.29, 1.82) is 0 Å². The number of carbonyl (C=O) groups is 2. The molecule has 1 saturated heterocycles. The van der Waals surface area contributed by atoms with E-state index in [1.807, 2.05) is 0 Å². The van der Waals surface area contributed by atoms with Crippen molar-refractivity contribution in [2.75, 3.05) is 13.6 Å². The molecule has 2 fully saturated rings. The summed E-state index contributed by atoms with van der Waals surface area (Å²) in [5.74, 6) is 4.29. The van der Waals surface area contributed by atoms with Crippen LogP contribution in [-0.2, 0) is 11.8 Å². The lowest BCUT2D eigenvalue weighted by atomic mass is 9.71. The first-order valence-electron chi connectivity index (χ1n) is 9.91. The lowest BCUT2D eigenvalue weighted by molar-refractivity contribution is -0.137. The second kappa shape index (κ2) is 6.16. The minimum absolute atomic E-state index is 0.0841. The number of carbonyl (C=O) groups excluding carboxylic acids is 2. The number of likely N-dealkylation sites (N-methyl/N-ethyl adjacent to an activating group) is 1. The molecule has 0 radical (unpaired) electrons. The van der Waals surface area contributed by atoms with Crippen molar-refractivity contribution in [1.82, 2.24) is 14.5 Å². The largest absolute Gasteiger partial charge is 0.369 e. The standard InChI is InChI=1S/C22H21FN4O3/c1-26-6-5-22(30,21(26)29)4-3-11-9-15-14(10-16(11)23)12-7-13(8-12)18-17(15)25-20(19(24)28)27(18)2/h9-10,12-13,30H,5-8H2,1-2H3,(H2,24,28)/t12?,13?,22-/m0/s1. The van der Waals surface area contributed by atoms with Crippen LogP contribution in [0.2, 0.25) is 0 Å². The van der Waals surface area contributed by atoms with Gasteiger partial charge in [0.05, 0.1) is 11.3 Å². The van der Waals surface area contributed by atoms with Crippen molar-refractivity contribution in [3.05, 3.63) is 40.6 Å². The Balaban J connectivity index is 1.65. The van der Waals surface area contributed by atoms with Crippen LogP contribution >= 0.6 is 0 Å². The van der Waals surface area contributed by atoms with Gasteiger partial charge in [0.25, 0.3) is 11.8 Å². The van der Waals surface area contributed by atoms with Crippen LogP contribution in [0.15, 0.2) is 12.1 Å². The second-order valence-electron chi connectivity index (χ2n) is 8.46. The molecular formula is C22H21FN4O3. The third-order valence-corrected chi connectivity index (χ3v) is 6.63. The first-order valence-corrected chi connectivity index (χ1v) is 9.91. The SMILES string of the molecule is CN1CC[C@@](O)(C#Cc2cc3c(cc2F)C2CC(C2)c2c-3nc(C(N)=O)n2C)C1=O. The van der Waals surface area contributed by atoms with Gasteiger partial charge >= 0.3 is 0 Å². The van der Waals surface area contributed by atoms with Gasteiger partial charge in [0.2, 0.25) is 5.60 Å². The summed E-state index contributed by atoms with van der Waals surface area (Å²) in [6.07, 6.45) is 1.91. The zero-order valence-corrected chi connectivity index (χ0v) is 16.7. The van der Waals surface area contributed by atoms with Crippen LogP contribution < -0.4 is 5.73 Å². The first kappa shape index (κ1) is 18.8. The topological polar surface area (TPSA) is 101 Å². The molecule has 154 valence electrons. The van der Waals surface area contributed by atoms with Gasteiger partial charge in [0.1, 0.15) is 5.82 Å². The number of benzene rings is 1. The van der Waals surface area contributed by atoms with E-state index in [9.17, 15) is 19.1 Å². The molecule has 2 heterocycles. The zero-order valence-electron chi connectivity index (χ0n) is 16.7. The highest BCUT2D eigenvalue weighted by atomic mass is 19.1. The maximum atomic E-state index is 14.9. The van der Waals surface area contributed by atoms with Crippen molar-refractivity contribution in [2.45, 2.75) is 36.7 Å². The number of likely N-dealkylation sites (tertiary alicyclic amines) is 1. The number of primary amides is 1. The lowest BCUT2D eigenvalue weighted by Crippen LogP contribution is -2.37. The summed E-state index contributed by atoms with van der Waals surface area (Å²) in [5, 5.41) is 10.5. The average molecular weight is 408 g/mol. The number of nitrogens with two attached hydrogens (primary N) is 1. The van der Waals surface area contributed by atoms with Crippen LogP contribution in [0.3, 0.4) is 0 Å². The third-order valence-electron chi connectivity index (χ3n) is 6.63. The predicted octanol–water partition coefficient (Wildman–Crippen LogP) is 1.24. The Kier molecular flexibility index (Phi) is 3.86. The smallest absolute Gasteiger partial charge is 0.284 e. The van der Waals surface area contributed by atoms with E-state index in [0.717, 1.165) is 29.7 Å². The van der Waals surface area contributed by atoms with Crippen LogP contribution in [0.1, 0.15) is 58.5 Å². The highest BCUT2D eigenvalue weighted by molar-refractivity contribution is 5.91. The Hall–Kier alpha value is -3.18. The molecule has 30 heavy (non-hydrogen) atoms. The number of amides is 2. The third kappa shape index (κ3) is 2.52. The summed E-state index contributed by atoms with van der Waals surface area (Å²) in [6.45, 7) is 0.396. The fraction of sp³-hybridized carbons (Fsp3) is 0.409. The van der Waals surface area contributed by atoms with Gasteiger partial charge in [-0.3, -0.25) is 9.59 Å². The van der Waals surface area contributed by atoms with Crippen molar-refractivity contribution < 1.29 is 19.1 Å². The zero-order chi connectivity index (χ0) is 21.4. The van der Waals surface area contributed by atoms with E-state index in [0.29, 0.717) is 12.2 Å². The summed E-state index contributed by atoms with van der Waals surface area (Å²) in [5.41, 5.74) is 6.90. The molecule has 2 aromatic rings. The summed E-state index contributed by atoms with van der Waals surface area (Å²) in [4.78, 5) is 29.8. The number of rotatable bonds is 1. The maximum Gasteiger partial charge on any atom is 0.284 e. The van der Waals surface area contributed by atoms with Gasteiger partial charge in [-0.2, -0.15) is 0 Å². The number of nitrogens with zero attached hydrogens (tertiary/aromatic N) is 3. The van der Waals surface area contributed by atoms with Gasteiger partial charge in [-0.05, 0) is 36.5 Å². The molecule has 4 aliphatic rings. The predicted molar refractivity (Wildman–Crippen MR) is 106 cm³/mol. The van der Waals surface area contributed by atoms with Gasteiger partial charge in [0, 0.05) is 44.2 Å². The van der Waals surface area contributed by atoms with Crippen LogP contribution in [0.4, 0.5) is 4.39 Å². The molecule has 2 bridgehead atoms. The lowest BCUT2D eigenvalue weighted by Gasteiger charge is -2.34. The van der Waals surface area contributed by atoms with Crippen molar-refractivity contribution in [3.8, 4) is 23.1 Å². The quantitative estimate of drug-likeness (QED) is 0.694. The molecule has 3 N–H and O–H groups in total. The average Bonchev–Trinajstić information content (AvgIpc) is 3.03. The van der Waals surface area contributed by atoms with Crippen LogP contribution in [0.5, 0.6) is 0 Å². The first-order chi connectivity index (χ1) is 14.2. The van der Waals surface area contributed by atoms with Gasteiger partial charge in [0.15, 0.2) is 5.82 Å².